The van der Waals surface area contributed by atoms with Gasteiger partial charge < -0.3 is 4.90 Å². The zero-order valence-corrected chi connectivity index (χ0v) is 9.05. The molecule has 0 N–H and O–H groups in total. The molecule has 5 nitrogen and oxygen atoms in total. The third-order valence-electron chi connectivity index (χ3n) is 2.89. The van der Waals surface area contributed by atoms with E-state index in [1.807, 2.05) is 0 Å². The normalized spacial score (nSPS) is 21.4. The third-order valence-corrected chi connectivity index (χ3v) is 2.89. The highest BCUT2D eigenvalue weighted by Crippen LogP contribution is 2.17. The number of rotatable bonds is 5. The Morgan fingerprint density at radius 3 is 3.19 bits per heavy atom. The molecule has 1 unspecified atom stereocenters. The van der Waals surface area contributed by atoms with Crippen molar-refractivity contribution in [2.45, 2.75) is 13.0 Å². The number of hydrogen-bond donors (Lipinski definition) is 0. The van der Waals surface area contributed by atoms with Crippen LogP contribution in [0.2, 0.25) is 0 Å². The van der Waals surface area contributed by atoms with Gasteiger partial charge in [0.25, 0.3) is 0 Å². The summed E-state index contributed by atoms with van der Waals surface area (Å²) in [6.07, 6.45) is 3.38. The predicted octanol–water partition coefficient (Wildman–Crippen LogP) is 0.382. The summed E-state index contributed by atoms with van der Waals surface area (Å²) in [6, 6.07) is 0. The summed E-state index contributed by atoms with van der Waals surface area (Å²) in [5, 5.41) is 7.57. The lowest BCUT2D eigenvalue weighted by Crippen LogP contribution is -2.24. The van der Waals surface area contributed by atoms with Crippen LogP contribution in [0.15, 0.2) is 6.20 Å². The van der Waals surface area contributed by atoms with Crippen molar-refractivity contribution in [3.63, 3.8) is 0 Å². The molecular formula is C10H15FN4O. The van der Waals surface area contributed by atoms with E-state index in [0.29, 0.717) is 24.4 Å². The van der Waals surface area contributed by atoms with Gasteiger partial charge in [-0.05, 0) is 18.9 Å². The molecule has 88 valence electrons. The summed E-state index contributed by atoms with van der Waals surface area (Å²) < 4.78 is 13.8. The Morgan fingerprint density at radius 2 is 2.50 bits per heavy atom. The number of aldehydes is 1. The Hall–Kier alpha value is -1.30. The SMILES string of the molecule is O=Cc1cn(CC2CCN(CCF)C2)nn1. The molecule has 16 heavy (non-hydrogen) atoms. The van der Waals surface area contributed by atoms with Crippen LogP contribution in [0.3, 0.4) is 0 Å². The molecule has 1 aromatic heterocycles. The lowest BCUT2D eigenvalue weighted by atomic mass is 10.1. The van der Waals surface area contributed by atoms with Crippen LogP contribution in [-0.4, -0.2) is 52.5 Å². The van der Waals surface area contributed by atoms with Gasteiger partial charge in [0.05, 0.1) is 6.20 Å². The fraction of sp³-hybridized carbons (Fsp3) is 0.700. The van der Waals surface area contributed by atoms with Gasteiger partial charge >= 0.3 is 0 Å². The standard InChI is InChI=1S/C10H15FN4O/c11-2-4-14-3-1-9(5-14)6-15-7-10(8-16)12-13-15/h7-9H,1-6H2. The van der Waals surface area contributed by atoms with Crippen molar-refractivity contribution in [2.75, 3.05) is 26.3 Å². The maximum absolute atomic E-state index is 12.1. The van der Waals surface area contributed by atoms with Crippen LogP contribution in [0.5, 0.6) is 0 Å². The van der Waals surface area contributed by atoms with Gasteiger partial charge in [-0.2, -0.15) is 0 Å². The average molecular weight is 226 g/mol. The van der Waals surface area contributed by atoms with Gasteiger partial charge in [0, 0.05) is 19.6 Å². The maximum atomic E-state index is 12.1. The van der Waals surface area contributed by atoms with E-state index in [1.54, 1.807) is 10.9 Å². The topological polar surface area (TPSA) is 51.0 Å². The number of carbonyl (C=O) groups excluding carboxylic acids is 1. The van der Waals surface area contributed by atoms with Crippen molar-refractivity contribution in [3.05, 3.63) is 11.9 Å². The summed E-state index contributed by atoms with van der Waals surface area (Å²) >= 11 is 0. The molecule has 0 aliphatic carbocycles. The number of carbonyl (C=O) groups is 1. The molecule has 1 atom stereocenters. The van der Waals surface area contributed by atoms with E-state index < -0.39 is 0 Å². The molecule has 0 spiro atoms. The van der Waals surface area contributed by atoms with Gasteiger partial charge in [-0.25, -0.2) is 4.39 Å². The fourth-order valence-corrected chi connectivity index (χ4v) is 2.11. The summed E-state index contributed by atoms with van der Waals surface area (Å²) in [6.45, 7) is 2.84. The van der Waals surface area contributed by atoms with Crippen LogP contribution in [0.4, 0.5) is 4.39 Å². The number of likely N-dealkylation sites (tertiary alicyclic amines) is 1. The van der Waals surface area contributed by atoms with Gasteiger partial charge in [-0.3, -0.25) is 9.48 Å². The summed E-state index contributed by atoms with van der Waals surface area (Å²) in [4.78, 5) is 12.5. The molecule has 6 heteroatoms. The molecule has 0 radical (unpaired) electrons. The molecule has 2 heterocycles. The number of alkyl halides is 1. The van der Waals surface area contributed by atoms with E-state index in [9.17, 15) is 9.18 Å². The molecule has 1 aromatic rings. The first kappa shape index (κ1) is 11.2. The molecule has 0 saturated carbocycles. The van der Waals surface area contributed by atoms with Crippen molar-refractivity contribution >= 4 is 6.29 Å². The van der Waals surface area contributed by atoms with Crippen LogP contribution in [0.25, 0.3) is 0 Å². The highest BCUT2D eigenvalue weighted by Gasteiger charge is 2.22. The van der Waals surface area contributed by atoms with Gasteiger partial charge in [-0.15, -0.1) is 5.10 Å². The van der Waals surface area contributed by atoms with E-state index in [4.69, 9.17) is 0 Å². The van der Waals surface area contributed by atoms with Crippen LogP contribution < -0.4 is 0 Å². The molecule has 1 aliphatic rings. The molecule has 2 rings (SSSR count). The van der Waals surface area contributed by atoms with Crippen LogP contribution in [-0.2, 0) is 6.54 Å². The number of aromatic nitrogens is 3. The first-order valence-corrected chi connectivity index (χ1v) is 5.45. The van der Waals surface area contributed by atoms with Crippen LogP contribution in [0, 0.1) is 5.92 Å². The van der Waals surface area contributed by atoms with Gasteiger partial charge in [0.15, 0.2) is 6.29 Å². The van der Waals surface area contributed by atoms with E-state index >= 15 is 0 Å². The molecular weight excluding hydrogens is 211 g/mol. The second kappa shape index (κ2) is 5.16. The zero-order valence-electron chi connectivity index (χ0n) is 9.05. The molecule has 0 bridgehead atoms. The molecule has 0 aromatic carbocycles. The van der Waals surface area contributed by atoms with E-state index in [1.165, 1.54) is 0 Å². The first-order valence-electron chi connectivity index (χ1n) is 5.45. The predicted molar refractivity (Wildman–Crippen MR) is 55.9 cm³/mol. The van der Waals surface area contributed by atoms with Crippen molar-refractivity contribution < 1.29 is 9.18 Å². The molecule has 1 aliphatic heterocycles. The summed E-state index contributed by atoms with van der Waals surface area (Å²) in [7, 11) is 0. The Kier molecular flexibility index (Phi) is 3.61. The lowest BCUT2D eigenvalue weighted by Gasteiger charge is -2.13. The minimum Gasteiger partial charge on any atom is -0.300 e. The highest BCUT2D eigenvalue weighted by atomic mass is 19.1. The van der Waals surface area contributed by atoms with E-state index in [2.05, 4.69) is 15.2 Å². The summed E-state index contributed by atoms with van der Waals surface area (Å²) in [5.41, 5.74) is 0.360. The zero-order chi connectivity index (χ0) is 11.4. The smallest absolute Gasteiger partial charge is 0.171 e. The highest BCUT2D eigenvalue weighted by molar-refractivity contribution is 5.70. The Bertz CT molecular complexity index is 354. The number of hydrogen-bond acceptors (Lipinski definition) is 4. The van der Waals surface area contributed by atoms with Gasteiger partial charge in [0.1, 0.15) is 12.4 Å². The van der Waals surface area contributed by atoms with Crippen molar-refractivity contribution in [1.82, 2.24) is 19.9 Å². The molecule has 0 amide bonds. The quantitative estimate of drug-likeness (QED) is 0.681. The minimum absolute atomic E-state index is 0.286. The van der Waals surface area contributed by atoms with Crippen molar-refractivity contribution in [2.24, 2.45) is 5.92 Å². The lowest BCUT2D eigenvalue weighted by molar-refractivity contribution is 0.111. The summed E-state index contributed by atoms with van der Waals surface area (Å²) in [5.74, 6) is 0.479. The van der Waals surface area contributed by atoms with Crippen LogP contribution >= 0.6 is 0 Å². The van der Waals surface area contributed by atoms with Crippen molar-refractivity contribution in [3.8, 4) is 0 Å². The molecule has 1 fully saturated rings. The number of halogens is 1. The Morgan fingerprint density at radius 1 is 1.62 bits per heavy atom. The third kappa shape index (κ3) is 2.63. The number of nitrogens with zero attached hydrogens (tertiary/aromatic N) is 4. The second-order valence-corrected chi connectivity index (χ2v) is 4.13. The van der Waals surface area contributed by atoms with Crippen LogP contribution in [0.1, 0.15) is 16.9 Å². The minimum atomic E-state index is -0.286. The van der Waals surface area contributed by atoms with E-state index in [-0.39, 0.29) is 6.67 Å². The average Bonchev–Trinajstić information content (AvgIpc) is 2.89. The fourth-order valence-electron chi connectivity index (χ4n) is 2.11. The maximum Gasteiger partial charge on any atom is 0.171 e. The van der Waals surface area contributed by atoms with Gasteiger partial charge in [-0.1, -0.05) is 5.21 Å². The van der Waals surface area contributed by atoms with Crippen molar-refractivity contribution in [1.29, 1.82) is 0 Å². The molecule has 1 saturated heterocycles. The Balaban J connectivity index is 1.84. The van der Waals surface area contributed by atoms with E-state index in [0.717, 1.165) is 26.1 Å². The second-order valence-electron chi connectivity index (χ2n) is 4.13. The Labute approximate surface area is 93.2 Å². The monoisotopic (exact) mass is 226 g/mol. The first-order chi connectivity index (χ1) is 7.81. The largest absolute Gasteiger partial charge is 0.300 e. The van der Waals surface area contributed by atoms with Gasteiger partial charge in [0.2, 0.25) is 0 Å².